The average Bonchev–Trinajstić information content (AvgIpc) is 2.59. The molecule has 2 aromatic rings. The van der Waals surface area contributed by atoms with Gasteiger partial charge in [0.15, 0.2) is 5.78 Å². The molecular weight excluding hydrogens is 288 g/mol. The number of carbonyl (C=O) groups is 2. The summed E-state index contributed by atoms with van der Waals surface area (Å²) < 4.78 is 5.17. The van der Waals surface area contributed by atoms with Crippen LogP contribution in [-0.4, -0.2) is 18.4 Å². The number of carbonyl (C=O) groups excluding carboxylic acids is 2. The van der Waals surface area contributed by atoms with Crippen molar-refractivity contribution in [1.29, 1.82) is 0 Å². The van der Waals surface area contributed by atoms with E-state index in [0.29, 0.717) is 11.1 Å². The van der Waals surface area contributed by atoms with Crippen LogP contribution in [0.2, 0.25) is 0 Å². The molecule has 0 saturated heterocycles. The van der Waals surface area contributed by atoms with Gasteiger partial charge in [0.1, 0.15) is 6.61 Å². The third kappa shape index (κ3) is 4.65. The van der Waals surface area contributed by atoms with Crippen LogP contribution in [0.25, 0.3) is 0 Å². The van der Waals surface area contributed by atoms with Crippen molar-refractivity contribution in [2.45, 2.75) is 13.8 Å². The molecule has 0 aliphatic carbocycles. The third-order valence-electron chi connectivity index (χ3n) is 3.48. The first-order valence-electron chi connectivity index (χ1n) is 7.50. The zero-order valence-electron chi connectivity index (χ0n) is 13.4. The van der Waals surface area contributed by atoms with E-state index in [0.717, 1.165) is 0 Å². The summed E-state index contributed by atoms with van der Waals surface area (Å²) in [6.45, 7) is 3.83. The monoisotopic (exact) mass is 308 g/mol. The number of esters is 1. The van der Waals surface area contributed by atoms with Gasteiger partial charge >= 0.3 is 5.97 Å². The molecule has 0 amide bonds. The normalized spacial score (nSPS) is 11.4. The minimum atomic E-state index is -0.652. The van der Waals surface area contributed by atoms with Crippen LogP contribution in [-0.2, 0) is 4.74 Å². The topological polar surface area (TPSA) is 43.4 Å². The first-order chi connectivity index (χ1) is 11.0. The quantitative estimate of drug-likeness (QED) is 0.454. The number of rotatable bonds is 6. The molecule has 2 rings (SSSR count). The van der Waals surface area contributed by atoms with Gasteiger partial charge in [-0.25, -0.2) is 4.79 Å². The molecule has 0 aliphatic heterocycles. The molecule has 0 bridgehead atoms. The van der Waals surface area contributed by atoms with Crippen LogP contribution in [0, 0.1) is 5.41 Å². The molecule has 0 N–H and O–H groups in total. The molecule has 0 saturated carbocycles. The highest BCUT2D eigenvalue weighted by atomic mass is 16.5. The van der Waals surface area contributed by atoms with Gasteiger partial charge in [0, 0.05) is 11.0 Å². The van der Waals surface area contributed by atoms with Crippen molar-refractivity contribution in [3.8, 4) is 0 Å². The van der Waals surface area contributed by atoms with Gasteiger partial charge in [-0.3, -0.25) is 4.79 Å². The fourth-order valence-corrected chi connectivity index (χ4v) is 2.16. The van der Waals surface area contributed by atoms with Gasteiger partial charge in [0.2, 0.25) is 0 Å². The molecule has 118 valence electrons. The predicted molar refractivity (Wildman–Crippen MR) is 90.4 cm³/mol. The van der Waals surface area contributed by atoms with Gasteiger partial charge in [-0.1, -0.05) is 60.7 Å². The summed E-state index contributed by atoms with van der Waals surface area (Å²) in [5, 5.41) is 0. The number of benzene rings is 2. The van der Waals surface area contributed by atoms with E-state index in [1.807, 2.05) is 38.1 Å². The van der Waals surface area contributed by atoms with Crippen molar-refractivity contribution in [3.05, 3.63) is 83.9 Å². The Balaban J connectivity index is 1.92. The molecule has 0 radical (unpaired) electrons. The lowest BCUT2D eigenvalue weighted by Crippen LogP contribution is -2.22. The Morgan fingerprint density at radius 1 is 0.913 bits per heavy atom. The van der Waals surface area contributed by atoms with Crippen molar-refractivity contribution in [3.63, 3.8) is 0 Å². The molecule has 23 heavy (non-hydrogen) atoms. The van der Waals surface area contributed by atoms with Crippen LogP contribution < -0.4 is 0 Å². The maximum Gasteiger partial charge on any atom is 0.338 e. The maximum absolute atomic E-state index is 12.5. The van der Waals surface area contributed by atoms with Crippen molar-refractivity contribution in [2.24, 2.45) is 5.41 Å². The predicted octanol–water partition coefficient (Wildman–Crippen LogP) is 4.31. The minimum Gasteiger partial charge on any atom is -0.458 e. The van der Waals surface area contributed by atoms with E-state index < -0.39 is 5.41 Å². The number of allylic oxidation sites excluding steroid dienone is 1. The molecule has 3 heteroatoms. The number of hydrogen-bond donors (Lipinski definition) is 0. The molecule has 0 fully saturated rings. The fraction of sp³-hybridized carbons (Fsp3) is 0.200. The standard InChI is InChI=1S/C20H20O3/c1-20(2,18(21)16-10-5-3-6-11-16)14-9-15-23-19(22)17-12-7-4-8-13-17/h3-14H,15H2,1-2H3/b14-9+. The fourth-order valence-electron chi connectivity index (χ4n) is 2.16. The van der Waals surface area contributed by atoms with Crippen molar-refractivity contribution < 1.29 is 14.3 Å². The molecule has 0 spiro atoms. The summed E-state index contributed by atoms with van der Waals surface area (Å²) in [7, 11) is 0. The van der Waals surface area contributed by atoms with Crippen LogP contribution in [0.4, 0.5) is 0 Å². The first-order valence-corrected chi connectivity index (χ1v) is 7.50. The molecule has 3 nitrogen and oxygen atoms in total. The average molecular weight is 308 g/mol. The summed E-state index contributed by atoms with van der Waals surface area (Å²) >= 11 is 0. The van der Waals surface area contributed by atoms with Gasteiger partial charge in [-0.2, -0.15) is 0 Å². The van der Waals surface area contributed by atoms with E-state index in [9.17, 15) is 9.59 Å². The van der Waals surface area contributed by atoms with Crippen LogP contribution in [0.5, 0.6) is 0 Å². The van der Waals surface area contributed by atoms with E-state index in [4.69, 9.17) is 4.74 Å². The highest BCUT2D eigenvalue weighted by Gasteiger charge is 2.25. The number of Topliss-reactive ketones (excluding diaryl/α,β-unsaturated/α-hetero) is 1. The minimum absolute atomic E-state index is 0.0312. The number of hydrogen-bond acceptors (Lipinski definition) is 3. The zero-order chi connectivity index (χ0) is 16.7. The van der Waals surface area contributed by atoms with Crippen LogP contribution in [0.15, 0.2) is 72.8 Å². The summed E-state index contributed by atoms with van der Waals surface area (Å²) in [6.07, 6.45) is 3.49. The van der Waals surface area contributed by atoms with Gasteiger partial charge in [-0.05, 0) is 26.0 Å². The van der Waals surface area contributed by atoms with Gasteiger partial charge < -0.3 is 4.74 Å². The second-order valence-electron chi connectivity index (χ2n) is 5.78. The van der Waals surface area contributed by atoms with E-state index >= 15 is 0 Å². The molecule has 0 aliphatic rings. The maximum atomic E-state index is 12.5. The summed E-state index contributed by atoms with van der Waals surface area (Å²) in [5.74, 6) is -0.342. The van der Waals surface area contributed by atoms with Crippen LogP contribution in [0.1, 0.15) is 34.6 Å². The summed E-state index contributed by atoms with van der Waals surface area (Å²) in [6, 6.07) is 18.0. The lowest BCUT2D eigenvalue weighted by molar-refractivity contribution is 0.0549. The number of ether oxygens (including phenoxy) is 1. The van der Waals surface area contributed by atoms with Crippen molar-refractivity contribution >= 4 is 11.8 Å². The smallest absolute Gasteiger partial charge is 0.338 e. The van der Waals surface area contributed by atoms with E-state index in [1.54, 1.807) is 48.6 Å². The van der Waals surface area contributed by atoms with Crippen molar-refractivity contribution in [1.82, 2.24) is 0 Å². The Morgan fingerprint density at radius 2 is 1.43 bits per heavy atom. The Bertz CT molecular complexity index is 685. The molecular formula is C20H20O3. The first kappa shape index (κ1) is 16.7. The van der Waals surface area contributed by atoms with Crippen molar-refractivity contribution in [2.75, 3.05) is 6.61 Å². The second kappa shape index (κ2) is 7.54. The Kier molecular flexibility index (Phi) is 5.47. The third-order valence-corrected chi connectivity index (χ3v) is 3.48. The van der Waals surface area contributed by atoms with E-state index in [-0.39, 0.29) is 18.4 Å². The summed E-state index contributed by atoms with van der Waals surface area (Å²) in [5.41, 5.74) is 0.532. The molecule has 0 heterocycles. The van der Waals surface area contributed by atoms with E-state index in [2.05, 4.69) is 0 Å². The summed E-state index contributed by atoms with van der Waals surface area (Å²) in [4.78, 5) is 24.3. The largest absolute Gasteiger partial charge is 0.458 e. The Labute approximate surface area is 136 Å². The molecule has 0 unspecified atom stereocenters. The lowest BCUT2D eigenvalue weighted by atomic mass is 9.84. The number of ketones is 1. The second-order valence-corrected chi connectivity index (χ2v) is 5.78. The molecule has 0 atom stereocenters. The van der Waals surface area contributed by atoms with Gasteiger partial charge in [-0.15, -0.1) is 0 Å². The molecule has 2 aromatic carbocycles. The highest BCUT2D eigenvalue weighted by molar-refractivity contribution is 6.01. The van der Waals surface area contributed by atoms with E-state index in [1.165, 1.54) is 0 Å². The highest BCUT2D eigenvalue weighted by Crippen LogP contribution is 2.23. The molecule has 0 aromatic heterocycles. The lowest BCUT2D eigenvalue weighted by Gasteiger charge is -2.18. The van der Waals surface area contributed by atoms with Crippen LogP contribution in [0.3, 0.4) is 0 Å². The Hall–Kier alpha value is -2.68. The Morgan fingerprint density at radius 3 is 2.00 bits per heavy atom. The van der Waals surface area contributed by atoms with Crippen LogP contribution >= 0.6 is 0 Å². The van der Waals surface area contributed by atoms with Gasteiger partial charge in [0.05, 0.1) is 5.56 Å². The zero-order valence-corrected chi connectivity index (χ0v) is 13.4. The SMILES string of the molecule is CC(C)(/C=C/COC(=O)c1ccccc1)C(=O)c1ccccc1. The van der Waals surface area contributed by atoms with Gasteiger partial charge in [0.25, 0.3) is 0 Å².